The van der Waals surface area contributed by atoms with E-state index in [1.807, 2.05) is 62.5 Å². The van der Waals surface area contributed by atoms with Gasteiger partial charge in [0.25, 0.3) is 5.91 Å². The number of hydrogen-bond donors (Lipinski definition) is 2. The minimum Gasteiger partial charge on any atom is -0.493 e. The van der Waals surface area contributed by atoms with Gasteiger partial charge in [0.1, 0.15) is 0 Å². The lowest BCUT2D eigenvalue weighted by Gasteiger charge is -2.21. The van der Waals surface area contributed by atoms with E-state index >= 15 is 0 Å². The summed E-state index contributed by atoms with van der Waals surface area (Å²) < 4.78 is 10.7. The highest BCUT2D eigenvalue weighted by molar-refractivity contribution is 5.96. The number of likely N-dealkylation sites (N-methyl/N-ethyl adjacent to an activating group) is 1. The molecule has 2 atom stereocenters. The van der Waals surface area contributed by atoms with Gasteiger partial charge < -0.3 is 19.7 Å². The Morgan fingerprint density at radius 1 is 0.966 bits per heavy atom. The van der Waals surface area contributed by atoms with Gasteiger partial charge in [0.2, 0.25) is 0 Å². The van der Waals surface area contributed by atoms with Crippen molar-refractivity contribution in [2.75, 3.05) is 33.1 Å². The normalized spacial score (nSPS) is 13.0. The second-order valence-electron chi connectivity index (χ2n) is 7.31. The number of ether oxygens (including phenoxy) is 2. The smallest absolute Gasteiger partial charge is 0.282 e. The standard InChI is InChI=1S/C24H28N2O3/c1-17(24(27)25-21-11-10-19-7-5-6-8-20(19)16-21)26(2)14-13-18-9-12-22(28-3)23(15-18)29-4/h5-12,15-17H,13-14H2,1-4H3,(H,25,27)/p+1/t17-/m0/s1. The van der Waals surface area contributed by atoms with E-state index in [4.69, 9.17) is 9.47 Å². The SMILES string of the molecule is COc1ccc(CC[NH+](C)[C@@H](C)C(=O)Nc2ccc3ccccc3c2)cc1OC. The average molecular weight is 394 g/mol. The van der Waals surface area contributed by atoms with Gasteiger partial charge in [-0.1, -0.05) is 36.4 Å². The number of fused-ring (bicyclic) bond motifs is 1. The Morgan fingerprint density at radius 3 is 2.41 bits per heavy atom. The zero-order valence-corrected chi connectivity index (χ0v) is 17.5. The number of amides is 1. The molecule has 0 saturated heterocycles. The molecule has 29 heavy (non-hydrogen) atoms. The van der Waals surface area contributed by atoms with Gasteiger partial charge in [-0.25, -0.2) is 0 Å². The van der Waals surface area contributed by atoms with Crippen molar-refractivity contribution in [3.63, 3.8) is 0 Å². The van der Waals surface area contributed by atoms with Crippen molar-refractivity contribution >= 4 is 22.4 Å². The number of methoxy groups -OCH3 is 2. The third-order valence-electron chi connectivity index (χ3n) is 5.41. The zero-order chi connectivity index (χ0) is 20.8. The summed E-state index contributed by atoms with van der Waals surface area (Å²) >= 11 is 0. The fraction of sp³-hybridized carbons (Fsp3) is 0.292. The van der Waals surface area contributed by atoms with E-state index in [1.54, 1.807) is 14.2 Å². The highest BCUT2D eigenvalue weighted by atomic mass is 16.5. The molecule has 1 amide bonds. The quantitative estimate of drug-likeness (QED) is 0.619. The van der Waals surface area contributed by atoms with Crippen LogP contribution in [-0.4, -0.2) is 39.8 Å². The van der Waals surface area contributed by atoms with Crippen molar-refractivity contribution < 1.29 is 19.2 Å². The van der Waals surface area contributed by atoms with Crippen molar-refractivity contribution in [1.29, 1.82) is 0 Å². The second-order valence-corrected chi connectivity index (χ2v) is 7.31. The third kappa shape index (κ3) is 5.06. The first-order valence-electron chi connectivity index (χ1n) is 9.84. The summed E-state index contributed by atoms with van der Waals surface area (Å²) in [5.41, 5.74) is 1.98. The summed E-state index contributed by atoms with van der Waals surface area (Å²) in [5, 5.41) is 5.33. The molecule has 0 heterocycles. The highest BCUT2D eigenvalue weighted by Gasteiger charge is 2.22. The number of benzene rings is 3. The molecule has 2 N–H and O–H groups in total. The molecule has 0 aliphatic heterocycles. The van der Waals surface area contributed by atoms with Gasteiger partial charge >= 0.3 is 0 Å². The van der Waals surface area contributed by atoms with Gasteiger partial charge in [0.05, 0.1) is 27.8 Å². The van der Waals surface area contributed by atoms with Gasteiger partial charge in [-0.3, -0.25) is 4.79 Å². The molecule has 3 rings (SSSR count). The Kier molecular flexibility index (Phi) is 6.73. The molecule has 0 saturated carbocycles. The van der Waals surface area contributed by atoms with Crippen LogP contribution in [0.5, 0.6) is 11.5 Å². The molecule has 0 aliphatic rings. The van der Waals surface area contributed by atoms with E-state index in [1.165, 1.54) is 0 Å². The summed E-state index contributed by atoms with van der Waals surface area (Å²) in [6.07, 6.45) is 0.847. The molecule has 3 aromatic rings. The van der Waals surface area contributed by atoms with Crippen LogP contribution >= 0.6 is 0 Å². The third-order valence-corrected chi connectivity index (χ3v) is 5.41. The Morgan fingerprint density at radius 2 is 1.69 bits per heavy atom. The van der Waals surface area contributed by atoms with Crippen LogP contribution in [0.3, 0.4) is 0 Å². The number of carbonyl (C=O) groups is 1. The fourth-order valence-corrected chi connectivity index (χ4v) is 3.34. The average Bonchev–Trinajstić information content (AvgIpc) is 2.76. The molecule has 0 fully saturated rings. The van der Waals surface area contributed by atoms with Crippen LogP contribution < -0.4 is 19.7 Å². The molecule has 5 nitrogen and oxygen atoms in total. The van der Waals surface area contributed by atoms with Crippen LogP contribution in [0.25, 0.3) is 10.8 Å². The summed E-state index contributed by atoms with van der Waals surface area (Å²) in [5.74, 6) is 1.47. The van der Waals surface area contributed by atoms with Gasteiger partial charge in [0, 0.05) is 12.1 Å². The molecule has 1 unspecified atom stereocenters. The lowest BCUT2D eigenvalue weighted by Crippen LogP contribution is -3.14. The van der Waals surface area contributed by atoms with Crippen molar-refractivity contribution in [2.45, 2.75) is 19.4 Å². The molecule has 0 aliphatic carbocycles. The van der Waals surface area contributed by atoms with Crippen molar-refractivity contribution in [2.24, 2.45) is 0 Å². The Labute approximate surface area is 172 Å². The summed E-state index contributed by atoms with van der Waals surface area (Å²) in [6, 6.07) is 19.9. The van der Waals surface area contributed by atoms with Gasteiger partial charge in [-0.05, 0) is 47.5 Å². The van der Waals surface area contributed by atoms with Crippen molar-refractivity contribution in [1.82, 2.24) is 0 Å². The molecular weight excluding hydrogens is 364 g/mol. The zero-order valence-electron chi connectivity index (χ0n) is 17.5. The number of anilines is 1. The van der Waals surface area contributed by atoms with Crippen molar-refractivity contribution in [3.8, 4) is 11.5 Å². The molecule has 152 valence electrons. The topological polar surface area (TPSA) is 52.0 Å². The second kappa shape index (κ2) is 9.43. The van der Waals surface area contributed by atoms with Gasteiger partial charge in [0.15, 0.2) is 17.5 Å². The number of rotatable bonds is 8. The Balaban J connectivity index is 1.58. The fourth-order valence-electron chi connectivity index (χ4n) is 3.34. The number of carbonyl (C=O) groups excluding carboxylic acids is 1. The largest absolute Gasteiger partial charge is 0.493 e. The first kappa shape index (κ1) is 20.7. The van der Waals surface area contributed by atoms with Gasteiger partial charge in [-0.2, -0.15) is 0 Å². The number of nitrogens with one attached hydrogen (secondary N) is 2. The predicted molar refractivity (Wildman–Crippen MR) is 117 cm³/mol. The molecule has 5 heteroatoms. The molecule has 0 spiro atoms. The lowest BCUT2D eigenvalue weighted by atomic mass is 10.1. The molecule has 3 aromatic carbocycles. The van der Waals surface area contributed by atoms with Crippen LogP contribution in [-0.2, 0) is 11.2 Å². The lowest BCUT2D eigenvalue weighted by molar-refractivity contribution is -0.893. The van der Waals surface area contributed by atoms with E-state index in [0.29, 0.717) is 0 Å². The Hall–Kier alpha value is -3.05. The van der Waals surface area contributed by atoms with E-state index in [9.17, 15) is 4.79 Å². The summed E-state index contributed by atoms with van der Waals surface area (Å²) in [4.78, 5) is 13.9. The minimum absolute atomic E-state index is 0.0186. The summed E-state index contributed by atoms with van der Waals surface area (Å²) in [7, 11) is 5.31. The molecule has 0 radical (unpaired) electrons. The maximum atomic E-state index is 12.7. The Bertz CT molecular complexity index is 987. The van der Waals surface area contributed by atoms with Crippen LogP contribution in [0, 0.1) is 0 Å². The maximum Gasteiger partial charge on any atom is 0.282 e. The van der Waals surface area contributed by atoms with Crippen LogP contribution in [0.4, 0.5) is 5.69 Å². The monoisotopic (exact) mass is 393 g/mol. The van der Waals surface area contributed by atoms with Crippen molar-refractivity contribution in [3.05, 3.63) is 66.2 Å². The van der Waals surface area contributed by atoms with Crippen LogP contribution in [0.2, 0.25) is 0 Å². The molecule has 0 bridgehead atoms. The molecular formula is C24H29N2O3+. The number of quaternary nitrogens is 1. The van der Waals surface area contributed by atoms with Crippen LogP contribution in [0.1, 0.15) is 12.5 Å². The van der Waals surface area contributed by atoms with Gasteiger partial charge in [-0.15, -0.1) is 0 Å². The maximum absolute atomic E-state index is 12.7. The number of hydrogen-bond acceptors (Lipinski definition) is 3. The van der Waals surface area contributed by atoms with E-state index < -0.39 is 0 Å². The van der Waals surface area contributed by atoms with E-state index in [2.05, 4.69) is 17.4 Å². The first-order valence-corrected chi connectivity index (χ1v) is 9.84. The van der Waals surface area contributed by atoms with E-state index in [0.717, 1.165) is 51.4 Å². The molecule has 0 aromatic heterocycles. The van der Waals surface area contributed by atoms with Crippen LogP contribution in [0.15, 0.2) is 60.7 Å². The minimum atomic E-state index is -0.165. The summed E-state index contributed by atoms with van der Waals surface area (Å²) in [6.45, 7) is 2.79. The predicted octanol–water partition coefficient (Wildman–Crippen LogP) is 2.94. The first-order chi connectivity index (χ1) is 14.0. The highest BCUT2D eigenvalue weighted by Crippen LogP contribution is 2.27. The van der Waals surface area contributed by atoms with E-state index in [-0.39, 0.29) is 11.9 Å².